The Morgan fingerprint density at radius 1 is 0.483 bits per heavy atom. The van der Waals surface area contributed by atoms with Gasteiger partial charge in [-0.15, -0.1) is 0 Å². The maximum absolute atomic E-state index is 6.72. The molecule has 0 spiro atoms. The summed E-state index contributed by atoms with van der Waals surface area (Å²) in [5, 5.41) is 4.30. The number of fused-ring (bicyclic) bond motifs is 7. The third kappa shape index (κ3) is 5.50. The number of benzene rings is 8. The molecule has 282 valence electrons. The third-order valence-electron chi connectivity index (χ3n) is 11.4. The number of rotatable bonds is 7. The molecule has 0 aliphatic rings. The minimum Gasteiger partial charge on any atom is -0.458 e. The molecule has 12 rings (SSSR count). The van der Waals surface area contributed by atoms with E-state index >= 15 is 0 Å². The summed E-state index contributed by atoms with van der Waals surface area (Å²) in [7, 11) is 0. The fraction of sp³-hybridized carbons (Fsp3) is 0. The van der Waals surface area contributed by atoms with Crippen LogP contribution in [0.5, 0.6) is 11.5 Å². The number of aromatic nitrogens is 4. The molecule has 0 aliphatic carbocycles. The van der Waals surface area contributed by atoms with Crippen molar-refractivity contribution in [2.45, 2.75) is 0 Å². The SMILES string of the molecule is [c-]1n(-c2cccc(Oc3ccc4c5ccccc5n(-c5cc6oc7ccccc7c6cn5)c4c3)c2)c2ccccc2[n+]1-c1c(-c2ccccc2)cccc1-c1ccccc1. The van der Waals surface area contributed by atoms with Crippen LogP contribution in [-0.4, -0.2) is 14.1 Å². The quantitative estimate of drug-likeness (QED) is 0.120. The van der Waals surface area contributed by atoms with Gasteiger partial charge in [-0.25, -0.2) is 4.98 Å². The van der Waals surface area contributed by atoms with Crippen molar-refractivity contribution in [1.29, 1.82) is 0 Å². The highest BCUT2D eigenvalue weighted by atomic mass is 16.5. The van der Waals surface area contributed by atoms with E-state index < -0.39 is 0 Å². The van der Waals surface area contributed by atoms with Crippen molar-refractivity contribution in [1.82, 2.24) is 14.1 Å². The van der Waals surface area contributed by atoms with E-state index in [1.54, 1.807) is 0 Å². The molecule has 0 saturated carbocycles. The van der Waals surface area contributed by atoms with E-state index in [9.17, 15) is 0 Å². The molecule has 60 heavy (non-hydrogen) atoms. The second kappa shape index (κ2) is 13.7. The van der Waals surface area contributed by atoms with E-state index in [2.05, 4.69) is 178 Å². The average molecular weight is 771 g/mol. The van der Waals surface area contributed by atoms with Crippen molar-refractivity contribution in [3.8, 4) is 50.9 Å². The molecule has 0 saturated heterocycles. The maximum Gasteiger partial charge on any atom is 0.269 e. The fourth-order valence-electron chi connectivity index (χ4n) is 8.72. The Balaban J connectivity index is 0.967. The molecule has 4 heterocycles. The van der Waals surface area contributed by atoms with Crippen LogP contribution in [0.1, 0.15) is 0 Å². The summed E-state index contributed by atoms with van der Waals surface area (Å²) < 4.78 is 19.5. The van der Waals surface area contributed by atoms with Gasteiger partial charge in [-0.3, -0.25) is 13.7 Å². The Morgan fingerprint density at radius 2 is 1.13 bits per heavy atom. The normalized spacial score (nSPS) is 11.7. The fourth-order valence-corrected chi connectivity index (χ4v) is 8.72. The minimum atomic E-state index is 0.712. The zero-order valence-electron chi connectivity index (χ0n) is 32.2. The van der Waals surface area contributed by atoms with Crippen LogP contribution in [-0.2, 0) is 0 Å². The van der Waals surface area contributed by atoms with Crippen molar-refractivity contribution in [2.75, 3.05) is 0 Å². The van der Waals surface area contributed by atoms with Gasteiger partial charge in [-0.2, -0.15) is 0 Å². The Morgan fingerprint density at radius 3 is 1.93 bits per heavy atom. The second-order valence-electron chi connectivity index (χ2n) is 15.0. The highest BCUT2D eigenvalue weighted by Crippen LogP contribution is 2.38. The maximum atomic E-state index is 6.72. The van der Waals surface area contributed by atoms with Gasteiger partial charge in [-0.1, -0.05) is 146 Å². The monoisotopic (exact) mass is 770 g/mol. The van der Waals surface area contributed by atoms with Crippen LogP contribution >= 0.6 is 0 Å². The lowest BCUT2D eigenvalue weighted by atomic mass is 9.95. The Hall–Kier alpha value is -8.22. The van der Waals surface area contributed by atoms with Crippen LogP contribution < -0.4 is 9.30 Å². The van der Waals surface area contributed by atoms with Crippen molar-refractivity contribution in [2.24, 2.45) is 0 Å². The van der Waals surface area contributed by atoms with Gasteiger partial charge in [0.15, 0.2) is 0 Å². The van der Waals surface area contributed by atoms with E-state index in [0.29, 0.717) is 11.5 Å². The smallest absolute Gasteiger partial charge is 0.269 e. The van der Waals surface area contributed by atoms with Gasteiger partial charge in [0.2, 0.25) is 0 Å². The van der Waals surface area contributed by atoms with Crippen molar-refractivity contribution in [3.05, 3.63) is 213 Å². The average Bonchev–Trinajstić information content (AvgIpc) is 3.99. The molecule has 6 heteroatoms. The van der Waals surface area contributed by atoms with Gasteiger partial charge in [0.1, 0.15) is 28.5 Å². The molecule has 0 amide bonds. The van der Waals surface area contributed by atoms with Crippen LogP contribution in [0.4, 0.5) is 0 Å². The molecular formula is C54H34N4O2. The van der Waals surface area contributed by atoms with Gasteiger partial charge in [0.05, 0.1) is 33.4 Å². The molecule has 12 aromatic rings. The van der Waals surface area contributed by atoms with Crippen LogP contribution in [0.15, 0.2) is 211 Å². The first kappa shape index (κ1) is 33.9. The van der Waals surface area contributed by atoms with E-state index in [1.807, 2.05) is 48.7 Å². The van der Waals surface area contributed by atoms with E-state index in [-0.39, 0.29) is 0 Å². The molecule has 0 N–H and O–H groups in total. The Labute approximate surface area is 345 Å². The number of pyridine rings is 1. The summed E-state index contributed by atoms with van der Waals surface area (Å²) in [4.78, 5) is 4.98. The van der Waals surface area contributed by atoms with Crippen LogP contribution in [0.2, 0.25) is 0 Å². The first-order valence-electron chi connectivity index (χ1n) is 20.0. The predicted octanol–water partition coefficient (Wildman–Crippen LogP) is 13.2. The lowest BCUT2D eigenvalue weighted by Crippen LogP contribution is -2.31. The summed E-state index contributed by atoms with van der Waals surface area (Å²) in [5.41, 5.74) is 12.3. The van der Waals surface area contributed by atoms with E-state index in [4.69, 9.17) is 14.1 Å². The Kier molecular flexibility index (Phi) is 7.74. The van der Waals surface area contributed by atoms with Crippen molar-refractivity contribution < 1.29 is 13.7 Å². The highest BCUT2D eigenvalue weighted by Gasteiger charge is 2.20. The number of ether oxygens (including phenoxy) is 1. The summed E-state index contributed by atoms with van der Waals surface area (Å²) >= 11 is 0. The van der Waals surface area contributed by atoms with Gasteiger partial charge in [0, 0.05) is 39.9 Å². The van der Waals surface area contributed by atoms with Gasteiger partial charge < -0.3 is 9.15 Å². The number of para-hydroxylation sites is 5. The summed E-state index contributed by atoms with van der Waals surface area (Å²) in [5.74, 6) is 2.21. The van der Waals surface area contributed by atoms with Gasteiger partial charge in [-0.05, 0) is 64.7 Å². The molecule has 0 bridgehead atoms. The molecule has 0 unspecified atom stereocenters. The van der Waals surface area contributed by atoms with Gasteiger partial charge >= 0.3 is 0 Å². The molecule has 4 aromatic heterocycles. The molecule has 0 fully saturated rings. The predicted molar refractivity (Wildman–Crippen MR) is 240 cm³/mol. The standard InChI is InChI=1S/C54H34N4O2/c1-3-15-36(16-4-1)41-23-14-24-42(37-17-5-2-6-18-37)54(41)57-35-56(48-26-10-11-27-49(48)57)38-19-13-20-39(31-38)59-40-29-30-44-43-21-7-9-25-47(43)58(50(44)32-40)53-33-52-46(34-55-53)45-22-8-12-28-51(45)60-52/h1-34H. The summed E-state index contributed by atoms with van der Waals surface area (Å²) in [6.07, 6.45) is 5.69. The molecular weight excluding hydrogens is 737 g/mol. The van der Waals surface area contributed by atoms with Crippen molar-refractivity contribution >= 4 is 54.8 Å². The molecule has 6 nitrogen and oxygen atoms in total. The zero-order chi connectivity index (χ0) is 39.6. The number of nitrogens with zero attached hydrogens (tertiary/aromatic N) is 4. The minimum absolute atomic E-state index is 0.712. The van der Waals surface area contributed by atoms with Crippen molar-refractivity contribution in [3.63, 3.8) is 0 Å². The highest BCUT2D eigenvalue weighted by molar-refractivity contribution is 6.10. The van der Waals surface area contributed by atoms with Gasteiger partial charge in [0.25, 0.3) is 6.33 Å². The summed E-state index contributed by atoms with van der Waals surface area (Å²) in [6, 6.07) is 69.2. The first-order chi connectivity index (χ1) is 29.7. The molecule has 0 atom stereocenters. The second-order valence-corrected chi connectivity index (χ2v) is 15.0. The summed E-state index contributed by atoms with van der Waals surface area (Å²) in [6.45, 7) is 0. The third-order valence-corrected chi connectivity index (χ3v) is 11.4. The zero-order valence-corrected chi connectivity index (χ0v) is 32.2. The lowest BCUT2D eigenvalue weighted by Gasteiger charge is -2.17. The number of imidazole rings is 1. The molecule has 8 aromatic carbocycles. The topological polar surface area (TPSA) is 49.0 Å². The largest absolute Gasteiger partial charge is 0.458 e. The number of furan rings is 1. The van der Waals surface area contributed by atoms with E-state index in [1.165, 1.54) is 0 Å². The Bertz CT molecular complexity index is 3520. The van der Waals surface area contributed by atoms with E-state index in [0.717, 1.165) is 94.2 Å². The number of hydrogen-bond donors (Lipinski definition) is 0. The lowest BCUT2D eigenvalue weighted by molar-refractivity contribution is -0.571. The molecule has 0 aliphatic heterocycles. The van der Waals surface area contributed by atoms with Crippen LogP contribution in [0, 0.1) is 6.33 Å². The number of hydrogen-bond acceptors (Lipinski definition) is 3. The molecule has 0 radical (unpaired) electrons. The van der Waals surface area contributed by atoms with Crippen LogP contribution in [0.25, 0.3) is 94.2 Å². The van der Waals surface area contributed by atoms with Crippen LogP contribution in [0.3, 0.4) is 0 Å². The first-order valence-corrected chi connectivity index (χ1v) is 20.0.